The fourth-order valence-electron chi connectivity index (χ4n) is 5.40. The lowest BCUT2D eigenvalue weighted by molar-refractivity contribution is -0.138. The minimum Gasteiger partial charge on any atom is -0.363 e. The molecule has 9 heteroatoms. The predicted octanol–water partition coefficient (Wildman–Crippen LogP) is 6.94. The van der Waals surface area contributed by atoms with E-state index in [9.17, 15) is 17.7 Å². The Morgan fingerprint density at radius 2 is 1.69 bits per heavy atom. The fraction of sp³-hybridized carbons (Fsp3) is 0.333. The van der Waals surface area contributed by atoms with Crippen LogP contribution in [-0.2, 0) is 17.3 Å². The molecule has 0 bridgehead atoms. The largest absolute Gasteiger partial charge is 0.416 e. The second-order valence-electron chi connectivity index (χ2n) is 10.3. The Labute approximate surface area is 226 Å². The van der Waals surface area contributed by atoms with Crippen LogP contribution in [0.5, 0.6) is 0 Å². The lowest BCUT2D eigenvalue weighted by Gasteiger charge is -2.32. The number of aryl methyl sites for hydroxylation is 1. The van der Waals surface area contributed by atoms with Crippen LogP contribution in [0.25, 0.3) is 10.9 Å². The summed E-state index contributed by atoms with van der Waals surface area (Å²) in [6, 6.07) is 19.8. The number of hydrogen-bond acceptors (Lipinski definition) is 5. The molecule has 5 nitrogen and oxygen atoms in total. The first-order valence-corrected chi connectivity index (χ1v) is 15.2. The van der Waals surface area contributed by atoms with Crippen molar-refractivity contribution in [1.82, 2.24) is 14.9 Å². The predicted molar refractivity (Wildman–Crippen MR) is 151 cm³/mol. The maximum absolute atomic E-state index is 14.1. The second-order valence-corrected chi connectivity index (χ2v) is 13.5. The summed E-state index contributed by atoms with van der Waals surface area (Å²) in [4.78, 5) is 11.5. The third-order valence-electron chi connectivity index (χ3n) is 7.57. The number of nitrogens with one attached hydrogen (secondary N) is 1. The minimum atomic E-state index is -4.42. The van der Waals surface area contributed by atoms with Crippen LogP contribution in [-0.4, -0.2) is 40.3 Å². The van der Waals surface area contributed by atoms with E-state index in [1.54, 1.807) is 13.0 Å². The summed E-state index contributed by atoms with van der Waals surface area (Å²) in [5.41, 5.74) is 2.04. The Hall–Kier alpha value is -3.22. The molecule has 0 radical (unpaired) electrons. The molecule has 3 aromatic carbocycles. The number of fused-ring (bicyclic) bond motifs is 1. The summed E-state index contributed by atoms with van der Waals surface area (Å²) >= 11 is 0. The zero-order chi connectivity index (χ0) is 27.8. The minimum absolute atomic E-state index is 0.187. The third-order valence-corrected chi connectivity index (χ3v) is 10.6. The summed E-state index contributed by atoms with van der Waals surface area (Å²) in [7, 11) is -2.62. The molecule has 1 aromatic heterocycles. The smallest absolute Gasteiger partial charge is 0.363 e. The molecule has 1 saturated heterocycles. The van der Waals surface area contributed by atoms with Crippen LogP contribution in [0, 0.1) is 13.8 Å². The van der Waals surface area contributed by atoms with Crippen molar-refractivity contribution in [2.24, 2.45) is 0 Å². The van der Waals surface area contributed by atoms with Gasteiger partial charge in [-0.15, -0.1) is 0 Å². The number of anilines is 1. The zero-order valence-corrected chi connectivity index (χ0v) is 23.2. The van der Waals surface area contributed by atoms with Gasteiger partial charge in [0.1, 0.15) is 18.8 Å². The molecule has 39 heavy (non-hydrogen) atoms. The van der Waals surface area contributed by atoms with Crippen LogP contribution in [0.4, 0.5) is 19.0 Å². The summed E-state index contributed by atoms with van der Waals surface area (Å²) in [5.74, 6) is 1.07. The number of aromatic nitrogens is 2. The van der Waals surface area contributed by atoms with E-state index in [1.165, 1.54) is 18.6 Å². The van der Waals surface area contributed by atoms with Crippen LogP contribution in [0.2, 0.25) is 0 Å². The monoisotopic (exact) mass is 552 g/mol. The Morgan fingerprint density at radius 3 is 2.38 bits per heavy atom. The van der Waals surface area contributed by atoms with Crippen molar-refractivity contribution < 1.29 is 17.7 Å². The number of alkyl halides is 3. The highest BCUT2D eigenvalue weighted by Gasteiger charge is 2.34. The van der Waals surface area contributed by atoms with Gasteiger partial charge in [0, 0.05) is 42.6 Å². The Balaban J connectivity index is 1.41. The van der Waals surface area contributed by atoms with Crippen LogP contribution in [0.1, 0.15) is 41.0 Å². The van der Waals surface area contributed by atoms with Gasteiger partial charge >= 0.3 is 6.18 Å². The van der Waals surface area contributed by atoms with E-state index < -0.39 is 24.9 Å². The average molecular weight is 553 g/mol. The molecule has 4 aromatic rings. The van der Waals surface area contributed by atoms with Crippen molar-refractivity contribution in [3.63, 3.8) is 0 Å². The topological polar surface area (TPSA) is 58.1 Å². The maximum atomic E-state index is 14.1. The molecule has 5 rings (SSSR count). The molecule has 0 amide bonds. The number of hydrogen-bond donors (Lipinski definition) is 1. The van der Waals surface area contributed by atoms with E-state index in [0.29, 0.717) is 35.0 Å². The van der Waals surface area contributed by atoms with Gasteiger partial charge in [-0.2, -0.15) is 13.2 Å². The zero-order valence-electron chi connectivity index (χ0n) is 22.3. The van der Waals surface area contributed by atoms with Gasteiger partial charge in [0.15, 0.2) is 0 Å². The SMILES string of the molecule is Cc1nc(N[C@H](C)c2cccc(C(F)(F)F)c2C)c2cc(P3(=O)CCN(Cc4ccccc4)CC3)ccc2n1. The first-order chi connectivity index (χ1) is 18.5. The van der Waals surface area contributed by atoms with Crippen molar-refractivity contribution >= 4 is 29.2 Å². The number of nitrogens with zero attached hydrogens (tertiary/aromatic N) is 3. The molecule has 0 saturated carbocycles. The van der Waals surface area contributed by atoms with Gasteiger partial charge in [0.25, 0.3) is 0 Å². The van der Waals surface area contributed by atoms with Crippen LogP contribution < -0.4 is 10.6 Å². The molecule has 1 fully saturated rings. The van der Waals surface area contributed by atoms with E-state index in [0.717, 1.165) is 36.4 Å². The highest BCUT2D eigenvalue weighted by atomic mass is 31.2. The van der Waals surface area contributed by atoms with E-state index in [-0.39, 0.29) is 5.56 Å². The highest BCUT2D eigenvalue weighted by molar-refractivity contribution is 7.71. The third kappa shape index (κ3) is 5.87. The van der Waals surface area contributed by atoms with Crippen molar-refractivity contribution in [3.8, 4) is 0 Å². The molecule has 2 heterocycles. The first kappa shape index (κ1) is 27.4. The summed E-state index contributed by atoms with van der Waals surface area (Å²) in [6.45, 7) is 7.45. The van der Waals surface area contributed by atoms with E-state index >= 15 is 0 Å². The molecule has 0 spiro atoms. The molecule has 1 N–H and O–H groups in total. The van der Waals surface area contributed by atoms with Crippen LogP contribution in [0.15, 0.2) is 66.7 Å². The van der Waals surface area contributed by atoms with E-state index in [4.69, 9.17) is 0 Å². The number of halogens is 3. The summed E-state index contributed by atoms with van der Waals surface area (Å²) < 4.78 is 54.6. The summed E-state index contributed by atoms with van der Waals surface area (Å²) in [6.07, 6.45) is -3.23. The van der Waals surface area contributed by atoms with Gasteiger partial charge in [-0.05, 0) is 61.7 Å². The molecule has 1 aliphatic heterocycles. The lowest BCUT2D eigenvalue weighted by Crippen LogP contribution is -2.36. The summed E-state index contributed by atoms with van der Waals surface area (Å²) in [5, 5.41) is 4.84. The average Bonchev–Trinajstić information content (AvgIpc) is 2.90. The van der Waals surface area contributed by atoms with Crippen molar-refractivity contribution in [1.29, 1.82) is 0 Å². The van der Waals surface area contributed by atoms with E-state index in [1.807, 2.05) is 43.3 Å². The molecular weight excluding hydrogens is 520 g/mol. The van der Waals surface area contributed by atoms with Crippen LogP contribution >= 0.6 is 7.14 Å². The quantitative estimate of drug-likeness (QED) is 0.263. The first-order valence-electron chi connectivity index (χ1n) is 13.1. The molecule has 0 unspecified atom stereocenters. The van der Waals surface area contributed by atoms with Crippen LogP contribution in [0.3, 0.4) is 0 Å². The van der Waals surface area contributed by atoms with Gasteiger partial charge in [-0.3, -0.25) is 4.90 Å². The second kappa shape index (κ2) is 10.7. The highest BCUT2D eigenvalue weighted by Crippen LogP contribution is 2.47. The van der Waals surface area contributed by atoms with Crippen molar-refractivity contribution in [3.05, 3.63) is 94.8 Å². The lowest BCUT2D eigenvalue weighted by atomic mass is 9.97. The Kier molecular flexibility index (Phi) is 7.53. The van der Waals surface area contributed by atoms with Gasteiger partial charge in [-0.25, -0.2) is 9.97 Å². The molecule has 1 atom stereocenters. The maximum Gasteiger partial charge on any atom is 0.416 e. The Bertz CT molecular complexity index is 1530. The van der Waals surface area contributed by atoms with Crippen molar-refractivity contribution in [2.45, 2.75) is 39.5 Å². The normalized spacial score (nSPS) is 16.8. The Morgan fingerprint density at radius 1 is 0.974 bits per heavy atom. The molecule has 0 aliphatic carbocycles. The fourth-order valence-corrected chi connectivity index (χ4v) is 8.06. The van der Waals surface area contributed by atoms with Gasteiger partial charge < -0.3 is 9.88 Å². The standard InChI is InChI=1S/C30H32F3N4OP/c1-20-25(10-7-11-27(20)30(31,32)33)21(2)34-29-26-18-24(12-13-28(26)35-22(3)36-29)39(38)16-14-37(15-17-39)19-23-8-5-4-6-9-23/h4-13,18,21H,14-17,19H2,1-3H3,(H,34,35,36)/t21-/m1/s1. The van der Waals surface area contributed by atoms with Gasteiger partial charge in [-0.1, -0.05) is 42.5 Å². The van der Waals surface area contributed by atoms with E-state index in [2.05, 4.69) is 32.3 Å². The molecular formula is C30H32F3N4OP. The molecule has 1 aliphatic rings. The van der Waals surface area contributed by atoms with Gasteiger partial charge in [0.05, 0.1) is 17.1 Å². The van der Waals surface area contributed by atoms with Gasteiger partial charge in [0.2, 0.25) is 0 Å². The number of rotatable bonds is 6. The number of benzene rings is 3. The van der Waals surface area contributed by atoms with Crippen molar-refractivity contribution in [2.75, 3.05) is 30.7 Å². The molecule has 204 valence electrons.